The van der Waals surface area contributed by atoms with E-state index in [1.54, 1.807) is 6.07 Å². The summed E-state index contributed by atoms with van der Waals surface area (Å²) in [6, 6.07) is 4.78. The molecule has 1 aromatic heterocycles. The van der Waals surface area contributed by atoms with Crippen LogP contribution in [0.5, 0.6) is 17.4 Å². The van der Waals surface area contributed by atoms with Crippen molar-refractivity contribution in [2.24, 2.45) is 21.7 Å². The van der Waals surface area contributed by atoms with E-state index in [0.717, 1.165) is 0 Å². The molecule has 4 rings (SSSR count). The lowest BCUT2D eigenvalue weighted by Gasteiger charge is -2.45. The molecule has 5 atom stereocenters. The first-order valence-electron chi connectivity index (χ1n) is 22.7. The average Bonchev–Trinajstić information content (AvgIpc) is 3.64. The molecule has 0 radical (unpaired) electrons. The van der Waals surface area contributed by atoms with Gasteiger partial charge < -0.3 is 43.0 Å². The largest absolute Gasteiger partial charge is 0.508 e. The molecule has 2 aliphatic rings. The Morgan fingerprint density at radius 1 is 0.814 bits per heavy atom. The minimum absolute atomic E-state index is 0.00201. The first-order valence-corrected chi connectivity index (χ1v) is 19.8. The highest BCUT2D eigenvalue weighted by atomic mass is 16.7. The molecule has 330 valence electrons. The number of ether oxygens (including phenoxy) is 8. The summed E-state index contributed by atoms with van der Waals surface area (Å²) in [5, 5.41) is 18.0. The lowest BCUT2D eigenvalue weighted by Crippen LogP contribution is -2.65. The van der Waals surface area contributed by atoms with Crippen molar-refractivity contribution in [2.45, 2.75) is 159 Å². The summed E-state index contributed by atoms with van der Waals surface area (Å²) in [4.78, 5) is 55.0. The van der Waals surface area contributed by atoms with Crippen LogP contribution in [-0.4, -0.2) is 95.8 Å². The summed E-state index contributed by atoms with van der Waals surface area (Å²) in [7, 11) is 0. The van der Waals surface area contributed by atoms with Gasteiger partial charge in [0.1, 0.15) is 30.3 Å². The van der Waals surface area contributed by atoms with Crippen LogP contribution in [0, 0.1) is 21.7 Å². The Kier molecular flexibility index (Phi) is 13.0. The van der Waals surface area contributed by atoms with Crippen molar-refractivity contribution < 1.29 is 67.7 Å². The quantitative estimate of drug-likeness (QED) is 0.165. The van der Waals surface area contributed by atoms with Crippen molar-refractivity contribution in [2.75, 3.05) is 19.8 Å². The Hall–Kier alpha value is -4.37. The second-order valence-corrected chi connectivity index (χ2v) is 18.4. The molecule has 1 aromatic carbocycles. The van der Waals surface area contributed by atoms with Gasteiger partial charge in [-0.2, -0.15) is 0 Å². The van der Waals surface area contributed by atoms with Gasteiger partial charge in [-0.15, -0.1) is 5.10 Å². The molecule has 2 fully saturated rings. The number of nitrogens with one attached hydrogen (secondary N) is 1. The highest BCUT2D eigenvalue weighted by Crippen LogP contribution is 2.38. The molecule has 0 amide bonds. The zero-order valence-electron chi connectivity index (χ0n) is 40.1. The molecular weight excluding hydrogens is 764 g/mol. The zero-order chi connectivity index (χ0) is 47.1. The molecule has 2 aliphatic heterocycles. The minimum Gasteiger partial charge on any atom is -0.508 e. The molecular formula is C44H66N2O13. The standard InChI is InChI=1S/C44H66N2O13/c1-24(2)31-28(21-25-15-16-26(47)22-29(25)54-27-17-19-52-20-18-27)35(46-45-31)59-36-34(58-40(51)44(12,13)14)33(57-39(50)43(9,10)11)32(56-38(49)42(6,7)8)30(55-36)23-53-37(48)41(3,4)5/h15-16,22,24,27,30,32-34,36,47H,17-21,23H2,1-14H3,(H,45,46)/t30-,32-,33+,34-,36?/m1/s1/i3D,6D,9D,12D. The van der Waals surface area contributed by atoms with Crippen LogP contribution in [-0.2, 0) is 54.0 Å². The Morgan fingerprint density at radius 2 is 1.36 bits per heavy atom. The van der Waals surface area contributed by atoms with Gasteiger partial charge in [0.25, 0.3) is 0 Å². The van der Waals surface area contributed by atoms with E-state index >= 15 is 0 Å². The van der Waals surface area contributed by atoms with Gasteiger partial charge in [0.2, 0.25) is 18.3 Å². The number of esters is 4. The molecule has 3 heterocycles. The molecule has 15 nitrogen and oxygen atoms in total. The minimum atomic E-state index is -1.74. The van der Waals surface area contributed by atoms with Crippen molar-refractivity contribution in [3.63, 3.8) is 0 Å². The number of carbonyl (C=O) groups is 4. The topological polar surface area (TPSA) is 191 Å². The number of benzene rings is 1. The highest BCUT2D eigenvalue weighted by Gasteiger charge is 2.56. The maximum absolute atomic E-state index is 14.0. The summed E-state index contributed by atoms with van der Waals surface area (Å²) < 4.78 is 81.0. The van der Waals surface area contributed by atoms with Crippen LogP contribution in [0.25, 0.3) is 0 Å². The van der Waals surface area contributed by atoms with Gasteiger partial charge in [-0.05, 0) is 101 Å². The third-order valence-electron chi connectivity index (χ3n) is 9.46. The Labute approximate surface area is 354 Å². The fourth-order valence-corrected chi connectivity index (χ4v) is 5.89. The monoisotopic (exact) mass is 834 g/mol. The summed E-state index contributed by atoms with van der Waals surface area (Å²) >= 11 is 0. The lowest BCUT2D eigenvalue weighted by molar-refractivity contribution is -0.294. The predicted octanol–water partition coefficient (Wildman–Crippen LogP) is 6.95. The second kappa shape index (κ2) is 18.5. The third kappa shape index (κ3) is 12.6. The zero-order valence-corrected chi connectivity index (χ0v) is 36.1. The van der Waals surface area contributed by atoms with E-state index in [0.29, 0.717) is 48.6 Å². The Bertz CT molecular complexity index is 1900. The van der Waals surface area contributed by atoms with Gasteiger partial charge in [0, 0.05) is 42.1 Å². The first-order chi connectivity index (χ1) is 29.4. The lowest BCUT2D eigenvalue weighted by atomic mass is 9.93. The van der Waals surface area contributed by atoms with Crippen LogP contribution in [0.4, 0.5) is 0 Å². The van der Waals surface area contributed by atoms with E-state index in [1.165, 1.54) is 67.5 Å². The summed E-state index contributed by atoms with van der Waals surface area (Å²) in [5.41, 5.74) is -3.62. The Balaban J connectivity index is 1.91. The van der Waals surface area contributed by atoms with Crippen LogP contribution in [0.1, 0.15) is 138 Å². The SMILES string of the molecule is [2H]CC(C)(C)C(=O)OC[C@H]1OC(Oc2n[nH]c(C(C)C)c2Cc2ccc(O)cc2OC2CCOCC2)[C@H](OC(=O)C(C)(C)C[2H])[C@@H](OC(=O)C(C)(C)C[2H])[C@@H]1OC(=O)C(C)(C)C[2H]. The number of aromatic amines is 1. The third-order valence-corrected chi connectivity index (χ3v) is 9.46. The smallest absolute Gasteiger partial charge is 0.311 e. The Morgan fingerprint density at radius 3 is 1.92 bits per heavy atom. The molecule has 2 aromatic rings. The van der Waals surface area contributed by atoms with Gasteiger partial charge in [-0.3, -0.25) is 24.3 Å². The predicted molar refractivity (Wildman–Crippen MR) is 216 cm³/mol. The van der Waals surface area contributed by atoms with E-state index in [-0.39, 0.29) is 37.0 Å². The molecule has 2 saturated heterocycles. The van der Waals surface area contributed by atoms with E-state index in [4.69, 9.17) is 43.4 Å². The summed E-state index contributed by atoms with van der Waals surface area (Å²) in [6.07, 6.45) is -7.04. The number of hydrogen-bond acceptors (Lipinski definition) is 14. The first kappa shape index (κ1) is 41.4. The number of carbonyl (C=O) groups excluding carboxylic acids is 4. The fraction of sp³-hybridized carbons (Fsp3) is 0.705. The number of aromatic hydroxyl groups is 1. The number of rotatable bonds is 12. The number of hydrogen-bond donors (Lipinski definition) is 2. The number of phenols is 1. The maximum Gasteiger partial charge on any atom is 0.311 e. The van der Waals surface area contributed by atoms with E-state index in [9.17, 15) is 24.3 Å². The highest BCUT2D eigenvalue weighted by molar-refractivity contribution is 5.78. The summed E-state index contributed by atoms with van der Waals surface area (Å²) in [5.74, 6) is -3.27. The number of H-pyrrole nitrogens is 1. The van der Waals surface area contributed by atoms with Crippen LogP contribution in [0.15, 0.2) is 18.2 Å². The van der Waals surface area contributed by atoms with Gasteiger partial charge >= 0.3 is 23.9 Å². The van der Waals surface area contributed by atoms with Crippen LogP contribution < -0.4 is 9.47 Å². The number of nitrogens with zero attached hydrogens (tertiary/aromatic N) is 1. The summed E-state index contributed by atoms with van der Waals surface area (Å²) in [6.45, 7) is 14.6. The molecule has 59 heavy (non-hydrogen) atoms. The van der Waals surface area contributed by atoms with Crippen molar-refractivity contribution in [1.29, 1.82) is 0 Å². The number of phenolic OH excluding ortho intramolecular Hbond substituents is 1. The molecule has 15 heteroatoms. The second-order valence-electron chi connectivity index (χ2n) is 18.4. The molecule has 2 N–H and O–H groups in total. The molecule has 0 spiro atoms. The van der Waals surface area contributed by atoms with Crippen molar-refractivity contribution in [1.82, 2.24) is 10.2 Å². The van der Waals surface area contributed by atoms with Gasteiger partial charge in [-0.25, -0.2) is 0 Å². The van der Waals surface area contributed by atoms with E-state index in [1.807, 2.05) is 13.8 Å². The maximum atomic E-state index is 14.0. The van der Waals surface area contributed by atoms with Crippen molar-refractivity contribution in [3.05, 3.63) is 35.0 Å². The molecule has 0 aliphatic carbocycles. The van der Waals surface area contributed by atoms with Crippen molar-refractivity contribution >= 4 is 23.9 Å². The van der Waals surface area contributed by atoms with E-state index < -0.39 is 104 Å². The molecule has 0 bridgehead atoms. The molecule has 1 unspecified atom stereocenters. The van der Waals surface area contributed by atoms with Gasteiger partial charge in [-0.1, -0.05) is 19.9 Å². The number of aromatic nitrogens is 2. The molecule has 0 saturated carbocycles. The van der Waals surface area contributed by atoms with Crippen LogP contribution >= 0.6 is 0 Å². The average molecular weight is 835 g/mol. The fourth-order valence-electron chi connectivity index (χ4n) is 5.89. The van der Waals surface area contributed by atoms with Crippen molar-refractivity contribution in [3.8, 4) is 17.4 Å². The van der Waals surface area contributed by atoms with Gasteiger partial charge in [0.15, 0.2) is 12.2 Å². The van der Waals surface area contributed by atoms with E-state index in [2.05, 4.69) is 10.2 Å². The normalized spacial score (nSPS) is 22.9. The van der Waals surface area contributed by atoms with Gasteiger partial charge in [0.05, 0.1) is 34.9 Å². The van der Waals surface area contributed by atoms with Crippen LogP contribution in [0.3, 0.4) is 0 Å². The van der Waals surface area contributed by atoms with Crippen LogP contribution in [0.2, 0.25) is 0 Å².